The minimum Gasteiger partial charge on any atom is -0.395 e. The first kappa shape index (κ1) is 10.5. The van der Waals surface area contributed by atoms with Gasteiger partial charge in [0.2, 0.25) is 5.91 Å². The Labute approximate surface area is 78.9 Å². The Morgan fingerprint density at radius 3 is 2.85 bits per heavy atom. The Kier molecular flexibility index (Phi) is 3.27. The zero-order valence-corrected chi connectivity index (χ0v) is 8.34. The van der Waals surface area contributed by atoms with Crippen molar-refractivity contribution in [3.63, 3.8) is 0 Å². The van der Waals surface area contributed by atoms with Crippen molar-refractivity contribution in [1.29, 1.82) is 0 Å². The molecule has 1 amide bonds. The lowest BCUT2D eigenvalue weighted by Crippen LogP contribution is -2.52. The summed E-state index contributed by atoms with van der Waals surface area (Å²) in [7, 11) is 1.73. The molecule has 1 aliphatic heterocycles. The van der Waals surface area contributed by atoms with Crippen LogP contribution in [0.2, 0.25) is 0 Å². The Morgan fingerprint density at radius 1 is 1.69 bits per heavy atom. The van der Waals surface area contributed by atoms with Crippen LogP contribution in [0.5, 0.6) is 0 Å². The fourth-order valence-electron chi connectivity index (χ4n) is 1.75. The maximum atomic E-state index is 11.8. The molecule has 1 aliphatic rings. The predicted octanol–water partition coefficient (Wildman–Crippen LogP) is -0.421. The van der Waals surface area contributed by atoms with E-state index in [1.807, 2.05) is 6.92 Å². The average Bonchev–Trinajstić information content (AvgIpc) is 2.52. The molecule has 0 saturated carbocycles. The van der Waals surface area contributed by atoms with Gasteiger partial charge >= 0.3 is 0 Å². The van der Waals surface area contributed by atoms with Crippen molar-refractivity contribution in [3.8, 4) is 0 Å². The highest BCUT2D eigenvalue weighted by Gasteiger charge is 2.37. The fraction of sp³-hybridized carbons (Fsp3) is 0.889. The molecule has 2 N–H and O–H groups in total. The summed E-state index contributed by atoms with van der Waals surface area (Å²) in [5, 5.41) is 11.9. The van der Waals surface area contributed by atoms with Gasteiger partial charge in [-0.1, -0.05) is 0 Å². The number of carbonyl (C=O) groups is 1. The molecule has 1 atom stereocenters. The topological polar surface area (TPSA) is 52.6 Å². The number of carbonyl (C=O) groups excluding carboxylic acids is 1. The maximum Gasteiger partial charge on any atom is 0.242 e. The normalized spacial score (nSPS) is 27.6. The molecule has 76 valence electrons. The van der Waals surface area contributed by atoms with Gasteiger partial charge in [0.25, 0.3) is 0 Å². The number of aliphatic hydroxyl groups excluding tert-OH is 1. The van der Waals surface area contributed by atoms with E-state index in [1.54, 1.807) is 11.9 Å². The Balaban J connectivity index is 2.54. The van der Waals surface area contributed by atoms with Crippen molar-refractivity contribution in [3.05, 3.63) is 0 Å². The van der Waals surface area contributed by atoms with E-state index >= 15 is 0 Å². The van der Waals surface area contributed by atoms with Crippen LogP contribution in [-0.4, -0.2) is 48.2 Å². The van der Waals surface area contributed by atoms with Gasteiger partial charge in [0.05, 0.1) is 12.1 Å². The first-order valence-corrected chi connectivity index (χ1v) is 4.71. The van der Waals surface area contributed by atoms with Gasteiger partial charge in [-0.3, -0.25) is 4.79 Å². The van der Waals surface area contributed by atoms with Gasteiger partial charge in [0, 0.05) is 13.6 Å². The van der Waals surface area contributed by atoms with Gasteiger partial charge in [0.1, 0.15) is 0 Å². The number of amides is 1. The summed E-state index contributed by atoms with van der Waals surface area (Å²) in [4.78, 5) is 13.4. The first-order valence-electron chi connectivity index (χ1n) is 4.71. The molecule has 0 radical (unpaired) electrons. The number of hydrogen-bond donors (Lipinski definition) is 2. The van der Waals surface area contributed by atoms with Crippen molar-refractivity contribution in [1.82, 2.24) is 10.2 Å². The second-order valence-electron chi connectivity index (χ2n) is 3.81. The summed E-state index contributed by atoms with van der Waals surface area (Å²) in [6.07, 6.45) is 1.94. The average molecular weight is 186 g/mol. The first-order chi connectivity index (χ1) is 6.10. The zero-order valence-electron chi connectivity index (χ0n) is 8.34. The van der Waals surface area contributed by atoms with Crippen LogP contribution < -0.4 is 5.32 Å². The molecule has 0 spiro atoms. The van der Waals surface area contributed by atoms with E-state index in [2.05, 4.69) is 5.32 Å². The Morgan fingerprint density at radius 2 is 2.38 bits per heavy atom. The number of nitrogens with zero attached hydrogens (tertiary/aromatic N) is 1. The monoisotopic (exact) mass is 186 g/mol. The van der Waals surface area contributed by atoms with Crippen LogP contribution in [0.1, 0.15) is 19.8 Å². The van der Waals surface area contributed by atoms with Gasteiger partial charge in [-0.05, 0) is 26.3 Å². The number of rotatable bonds is 3. The number of likely N-dealkylation sites (N-methyl/N-ethyl adjacent to an activating group) is 1. The lowest BCUT2D eigenvalue weighted by atomic mass is 9.99. The summed E-state index contributed by atoms with van der Waals surface area (Å²) in [5.41, 5.74) is -0.399. The van der Waals surface area contributed by atoms with Gasteiger partial charge in [-0.2, -0.15) is 0 Å². The molecule has 0 aromatic carbocycles. The zero-order chi connectivity index (χ0) is 9.90. The molecule has 13 heavy (non-hydrogen) atoms. The Bertz CT molecular complexity index is 188. The van der Waals surface area contributed by atoms with E-state index < -0.39 is 5.54 Å². The third kappa shape index (κ3) is 2.19. The molecule has 4 heteroatoms. The van der Waals surface area contributed by atoms with Gasteiger partial charge in [0.15, 0.2) is 0 Å². The van der Waals surface area contributed by atoms with Gasteiger partial charge in [-0.15, -0.1) is 0 Å². The van der Waals surface area contributed by atoms with Gasteiger partial charge < -0.3 is 15.3 Å². The predicted molar refractivity (Wildman–Crippen MR) is 50.4 cm³/mol. The molecule has 1 unspecified atom stereocenters. The second kappa shape index (κ2) is 4.07. The van der Waals surface area contributed by atoms with E-state index in [4.69, 9.17) is 5.11 Å². The molecule has 1 saturated heterocycles. The highest BCUT2D eigenvalue weighted by molar-refractivity contribution is 5.86. The minimum atomic E-state index is -0.399. The highest BCUT2D eigenvalue weighted by Crippen LogP contribution is 2.20. The summed E-state index contributed by atoms with van der Waals surface area (Å²) >= 11 is 0. The van der Waals surface area contributed by atoms with E-state index in [9.17, 15) is 4.79 Å². The summed E-state index contributed by atoms with van der Waals surface area (Å²) in [6, 6.07) is 0. The van der Waals surface area contributed by atoms with Crippen molar-refractivity contribution < 1.29 is 9.90 Å². The standard InChI is InChI=1S/C9H18N2O2/c1-9(4-3-5-10-9)8(13)11(2)6-7-12/h10,12H,3-7H2,1-2H3. The lowest BCUT2D eigenvalue weighted by molar-refractivity contribution is -0.136. The molecule has 0 aliphatic carbocycles. The molecular formula is C9H18N2O2. The number of nitrogens with one attached hydrogen (secondary N) is 1. The van der Waals surface area contributed by atoms with Crippen LogP contribution in [0.4, 0.5) is 0 Å². The maximum absolute atomic E-state index is 11.8. The molecule has 1 rings (SSSR count). The largest absolute Gasteiger partial charge is 0.395 e. The smallest absolute Gasteiger partial charge is 0.242 e. The van der Waals surface area contributed by atoms with E-state index in [0.29, 0.717) is 6.54 Å². The number of aliphatic hydroxyl groups is 1. The molecular weight excluding hydrogens is 168 g/mol. The van der Waals surface area contributed by atoms with E-state index in [1.165, 1.54) is 0 Å². The molecule has 1 fully saturated rings. The van der Waals surface area contributed by atoms with Crippen LogP contribution in [0.3, 0.4) is 0 Å². The van der Waals surface area contributed by atoms with E-state index in [0.717, 1.165) is 19.4 Å². The van der Waals surface area contributed by atoms with Crippen LogP contribution in [0, 0.1) is 0 Å². The molecule has 0 bridgehead atoms. The third-order valence-corrected chi connectivity index (χ3v) is 2.62. The van der Waals surface area contributed by atoms with Crippen molar-refractivity contribution in [2.24, 2.45) is 0 Å². The highest BCUT2D eigenvalue weighted by atomic mass is 16.3. The quantitative estimate of drug-likeness (QED) is 0.629. The minimum absolute atomic E-state index is 0.0261. The van der Waals surface area contributed by atoms with Crippen LogP contribution >= 0.6 is 0 Å². The molecule has 0 aromatic rings. The van der Waals surface area contributed by atoms with E-state index in [-0.39, 0.29) is 12.5 Å². The fourth-order valence-corrected chi connectivity index (χ4v) is 1.75. The summed E-state index contributed by atoms with van der Waals surface area (Å²) in [6.45, 7) is 3.28. The van der Waals surface area contributed by atoms with Crippen LogP contribution in [0.25, 0.3) is 0 Å². The SMILES string of the molecule is CN(CCO)C(=O)C1(C)CCCN1. The second-order valence-corrected chi connectivity index (χ2v) is 3.81. The Hall–Kier alpha value is -0.610. The third-order valence-electron chi connectivity index (χ3n) is 2.62. The van der Waals surface area contributed by atoms with Crippen LogP contribution in [-0.2, 0) is 4.79 Å². The summed E-state index contributed by atoms with van der Waals surface area (Å²) < 4.78 is 0. The lowest BCUT2D eigenvalue weighted by Gasteiger charge is -2.28. The van der Waals surface area contributed by atoms with Crippen LogP contribution in [0.15, 0.2) is 0 Å². The number of hydrogen-bond acceptors (Lipinski definition) is 3. The van der Waals surface area contributed by atoms with Crippen molar-refractivity contribution >= 4 is 5.91 Å². The molecule has 1 heterocycles. The molecule has 0 aromatic heterocycles. The van der Waals surface area contributed by atoms with Crippen molar-refractivity contribution in [2.45, 2.75) is 25.3 Å². The summed E-state index contributed by atoms with van der Waals surface area (Å²) in [5.74, 6) is 0.0825. The van der Waals surface area contributed by atoms with Gasteiger partial charge in [-0.25, -0.2) is 0 Å². The van der Waals surface area contributed by atoms with Crippen molar-refractivity contribution in [2.75, 3.05) is 26.7 Å². The molecule has 4 nitrogen and oxygen atoms in total.